The summed E-state index contributed by atoms with van der Waals surface area (Å²) in [5.41, 5.74) is 6.36. The van der Waals surface area contributed by atoms with Gasteiger partial charge in [0.15, 0.2) is 0 Å². The van der Waals surface area contributed by atoms with E-state index >= 15 is 0 Å². The van der Waals surface area contributed by atoms with Crippen molar-refractivity contribution in [2.45, 2.75) is 18.9 Å². The van der Waals surface area contributed by atoms with Crippen LogP contribution in [0.15, 0.2) is 0 Å². The quantitative estimate of drug-likeness (QED) is 0.209. The Morgan fingerprint density at radius 1 is 0.720 bits per heavy atom. The molecular formula is C17H42N8. The van der Waals surface area contributed by atoms with Crippen LogP contribution < -0.4 is 43.0 Å². The van der Waals surface area contributed by atoms with Gasteiger partial charge < -0.3 is 43.0 Å². The molecule has 1 heterocycles. The van der Waals surface area contributed by atoms with Crippen LogP contribution in [0.25, 0.3) is 0 Å². The fourth-order valence-electron chi connectivity index (χ4n) is 2.80. The van der Waals surface area contributed by atoms with Crippen molar-refractivity contribution < 1.29 is 0 Å². The van der Waals surface area contributed by atoms with Crippen molar-refractivity contribution in [2.24, 2.45) is 5.73 Å². The van der Waals surface area contributed by atoms with Gasteiger partial charge in [-0.2, -0.15) is 0 Å². The Morgan fingerprint density at radius 2 is 1.24 bits per heavy atom. The molecule has 1 rings (SSSR count). The first-order valence-electron chi connectivity index (χ1n) is 10.0. The zero-order valence-corrected chi connectivity index (χ0v) is 16.2. The van der Waals surface area contributed by atoms with E-state index in [0.29, 0.717) is 0 Å². The second kappa shape index (κ2) is 15.9. The van der Waals surface area contributed by atoms with Crippen LogP contribution in [0.3, 0.4) is 0 Å². The molecule has 8 heteroatoms. The van der Waals surface area contributed by atoms with Gasteiger partial charge in [0.25, 0.3) is 0 Å². The molecular weight excluding hydrogens is 316 g/mol. The van der Waals surface area contributed by atoms with Crippen LogP contribution in [-0.4, -0.2) is 97.2 Å². The molecule has 0 radical (unpaired) electrons. The van der Waals surface area contributed by atoms with Gasteiger partial charge in [0.1, 0.15) is 0 Å². The van der Waals surface area contributed by atoms with Crippen LogP contribution in [0.1, 0.15) is 13.3 Å². The van der Waals surface area contributed by atoms with Crippen LogP contribution in [0.2, 0.25) is 0 Å². The van der Waals surface area contributed by atoms with Gasteiger partial charge >= 0.3 is 0 Å². The minimum atomic E-state index is -0.270. The molecule has 0 atom stereocenters. The van der Waals surface area contributed by atoms with E-state index in [1.54, 1.807) is 0 Å². The highest BCUT2D eigenvalue weighted by Crippen LogP contribution is 1.96. The largest absolute Gasteiger partial charge is 0.322 e. The molecule has 25 heavy (non-hydrogen) atoms. The smallest absolute Gasteiger partial charge is 0.0533 e. The third kappa shape index (κ3) is 13.5. The summed E-state index contributed by atoms with van der Waals surface area (Å²) in [5.74, 6) is 0. The highest BCUT2D eigenvalue weighted by molar-refractivity contribution is 4.91. The molecule has 0 aromatic carbocycles. The van der Waals surface area contributed by atoms with Crippen molar-refractivity contribution in [3.05, 3.63) is 0 Å². The second-order valence-corrected chi connectivity index (χ2v) is 6.85. The Balaban J connectivity index is 2.20. The van der Waals surface area contributed by atoms with E-state index in [2.05, 4.69) is 44.1 Å². The molecule has 0 saturated carbocycles. The van der Waals surface area contributed by atoms with Crippen molar-refractivity contribution in [1.29, 1.82) is 0 Å². The molecule has 1 aliphatic heterocycles. The van der Waals surface area contributed by atoms with Crippen molar-refractivity contribution >= 4 is 0 Å². The van der Waals surface area contributed by atoms with E-state index in [1.807, 2.05) is 0 Å². The van der Waals surface area contributed by atoms with Gasteiger partial charge in [-0.25, -0.2) is 0 Å². The first-order valence-corrected chi connectivity index (χ1v) is 10.0. The lowest BCUT2D eigenvalue weighted by Crippen LogP contribution is -2.62. The van der Waals surface area contributed by atoms with Crippen LogP contribution in [0, 0.1) is 0 Å². The topological polar surface area (TPSA) is 110 Å². The predicted octanol–water partition coefficient (Wildman–Crippen LogP) is -2.77. The third-order valence-corrected chi connectivity index (χ3v) is 4.30. The van der Waals surface area contributed by atoms with Gasteiger partial charge in [-0.1, -0.05) is 6.92 Å². The molecule has 1 fully saturated rings. The van der Waals surface area contributed by atoms with Gasteiger partial charge in [0.2, 0.25) is 0 Å². The Hall–Kier alpha value is -0.320. The summed E-state index contributed by atoms with van der Waals surface area (Å²) in [4.78, 5) is 0. The highest BCUT2D eigenvalue weighted by atomic mass is 15.1. The third-order valence-electron chi connectivity index (χ3n) is 4.30. The van der Waals surface area contributed by atoms with Crippen molar-refractivity contribution in [1.82, 2.24) is 37.2 Å². The zero-order chi connectivity index (χ0) is 18.1. The lowest BCUT2D eigenvalue weighted by atomic mass is 10.0. The number of hydrogen-bond acceptors (Lipinski definition) is 8. The molecule has 1 aliphatic rings. The van der Waals surface area contributed by atoms with E-state index < -0.39 is 0 Å². The maximum absolute atomic E-state index is 6.63. The second-order valence-electron chi connectivity index (χ2n) is 6.85. The average Bonchev–Trinajstić information content (AvgIpc) is 2.61. The summed E-state index contributed by atoms with van der Waals surface area (Å²) in [6.07, 6.45) is 1.17. The number of likely N-dealkylation sites (N-methyl/N-ethyl adjacent to an activating group) is 1. The van der Waals surface area contributed by atoms with Crippen molar-refractivity contribution in [3.8, 4) is 0 Å². The fourth-order valence-corrected chi connectivity index (χ4v) is 2.80. The van der Waals surface area contributed by atoms with Crippen LogP contribution in [0.4, 0.5) is 0 Å². The normalized spacial score (nSPS) is 20.9. The number of rotatable bonds is 9. The van der Waals surface area contributed by atoms with Gasteiger partial charge in [-0.05, 0) is 26.1 Å². The predicted molar refractivity (Wildman–Crippen MR) is 107 cm³/mol. The molecule has 0 bridgehead atoms. The van der Waals surface area contributed by atoms with E-state index in [9.17, 15) is 0 Å². The number of nitrogens with two attached hydrogens (primary N) is 1. The van der Waals surface area contributed by atoms with E-state index in [0.717, 1.165) is 91.6 Å². The number of hydrogen-bond donors (Lipinski definition) is 8. The van der Waals surface area contributed by atoms with Gasteiger partial charge in [-0.15, -0.1) is 0 Å². The molecule has 0 spiro atoms. The molecule has 0 aliphatic carbocycles. The minimum absolute atomic E-state index is 0.270. The van der Waals surface area contributed by atoms with E-state index in [-0.39, 0.29) is 5.54 Å². The minimum Gasteiger partial charge on any atom is -0.322 e. The summed E-state index contributed by atoms with van der Waals surface area (Å²) in [6, 6.07) is 0. The molecule has 0 aromatic heterocycles. The van der Waals surface area contributed by atoms with Crippen LogP contribution in [0.5, 0.6) is 0 Å². The molecule has 0 aromatic rings. The fraction of sp³-hybridized carbons (Fsp3) is 1.00. The van der Waals surface area contributed by atoms with Gasteiger partial charge in [0, 0.05) is 72.0 Å². The van der Waals surface area contributed by atoms with Crippen molar-refractivity contribution in [3.63, 3.8) is 0 Å². The maximum atomic E-state index is 6.63. The van der Waals surface area contributed by atoms with E-state index in [4.69, 9.17) is 5.73 Å². The molecule has 1 saturated heterocycles. The van der Waals surface area contributed by atoms with Crippen LogP contribution >= 0.6 is 0 Å². The Labute approximate surface area is 154 Å². The first kappa shape index (κ1) is 22.7. The zero-order valence-electron chi connectivity index (χ0n) is 16.2. The number of nitrogens with one attached hydrogen (secondary N) is 7. The highest BCUT2D eigenvalue weighted by Gasteiger charge is 2.23. The maximum Gasteiger partial charge on any atom is 0.0533 e. The lowest BCUT2D eigenvalue weighted by Gasteiger charge is -2.31. The Kier molecular flexibility index (Phi) is 14.4. The molecule has 0 amide bonds. The van der Waals surface area contributed by atoms with Gasteiger partial charge in [0.05, 0.1) is 5.54 Å². The molecule has 150 valence electrons. The Bertz CT molecular complexity index is 276. The first-order chi connectivity index (χ1) is 12.3. The van der Waals surface area contributed by atoms with E-state index in [1.165, 1.54) is 6.42 Å². The molecule has 8 nitrogen and oxygen atoms in total. The summed E-state index contributed by atoms with van der Waals surface area (Å²) >= 11 is 0. The lowest BCUT2D eigenvalue weighted by molar-refractivity contribution is 0.349. The monoisotopic (exact) mass is 358 g/mol. The Morgan fingerprint density at radius 3 is 1.84 bits per heavy atom. The standard InChI is InChI=1S/C17H42N8/c1-2-19-6-7-22-10-13-25-16-17(18)14-23-11-8-20-4-3-5-21-9-12-24-15-17/h19-25H,2-16,18H2,1H3. The summed E-state index contributed by atoms with van der Waals surface area (Å²) in [6.45, 7) is 15.6. The van der Waals surface area contributed by atoms with Crippen LogP contribution in [-0.2, 0) is 0 Å². The SMILES string of the molecule is CCNCCNCCNCC1(N)CNCCNCCCNCCNC1. The summed E-state index contributed by atoms with van der Waals surface area (Å²) in [5, 5.41) is 24.2. The summed E-state index contributed by atoms with van der Waals surface area (Å²) < 4.78 is 0. The van der Waals surface area contributed by atoms with Gasteiger partial charge in [-0.3, -0.25) is 0 Å². The summed E-state index contributed by atoms with van der Waals surface area (Å²) in [7, 11) is 0. The molecule has 9 N–H and O–H groups in total. The average molecular weight is 359 g/mol. The molecule has 0 unspecified atom stereocenters. The van der Waals surface area contributed by atoms with Crippen molar-refractivity contribution in [2.75, 3.05) is 91.6 Å².